The van der Waals surface area contributed by atoms with Crippen molar-refractivity contribution in [3.8, 4) is 0 Å². The Balaban J connectivity index is 1.86. The molecule has 2 bridgehead atoms. The highest BCUT2D eigenvalue weighted by atomic mass is 16.2. The van der Waals surface area contributed by atoms with Crippen LogP contribution in [-0.2, 0) is 9.59 Å². The van der Waals surface area contributed by atoms with E-state index in [0.717, 1.165) is 0 Å². The summed E-state index contributed by atoms with van der Waals surface area (Å²) in [4.78, 5) is 27.0. The maximum absolute atomic E-state index is 11.7. The molecule has 4 rings (SSSR count). The van der Waals surface area contributed by atoms with Gasteiger partial charge in [-0.15, -0.1) is 0 Å². The van der Waals surface area contributed by atoms with Crippen molar-refractivity contribution in [1.29, 1.82) is 0 Å². The molecule has 3 fully saturated rings. The summed E-state index contributed by atoms with van der Waals surface area (Å²) in [7, 11) is 0. The number of nitrogens with zero attached hydrogens (tertiary/aromatic N) is 2. The third kappa shape index (κ3) is 1.82. The Kier molecular flexibility index (Phi) is 2.81. The number of amides is 2. The van der Waals surface area contributed by atoms with Gasteiger partial charge in [-0.1, -0.05) is 30.3 Å². The van der Waals surface area contributed by atoms with Crippen LogP contribution in [0, 0.1) is 0 Å². The van der Waals surface area contributed by atoms with Crippen LogP contribution in [0.3, 0.4) is 0 Å². The summed E-state index contributed by atoms with van der Waals surface area (Å²) in [6.45, 7) is 4.53. The first kappa shape index (κ1) is 12.2. The molecule has 4 nitrogen and oxygen atoms in total. The molecule has 3 heterocycles. The van der Waals surface area contributed by atoms with E-state index in [1.807, 2.05) is 28.0 Å². The monoisotopic (exact) mass is 258 g/mol. The van der Waals surface area contributed by atoms with E-state index in [2.05, 4.69) is 12.1 Å². The Morgan fingerprint density at radius 1 is 1.00 bits per heavy atom. The van der Waals surface area contributed by atoms with Gasteiger partial charge in [-0.2, -0.15) is 0 Å². The first-order valence-corrected chi connectivity index (χ1v) is 6.69. The Hall–Kier alpha value is -1.84. The molecule has 3 aliphatic heterocycles. The maximum atomic E-state index is 11.7. The van der Waals surface area contributed by atoms with Gasteiger partial charge in [0.2, 0.25) is 11.8 Å². The van der Waals surface area contributed by atoms with E-state index in [4.69, 9.17) is 0 Å². The highest BCUT2D eigenvalue weighted by Crippen LogP contribution is 2.44. The summed E-state index contributed by atoms with van der Waals surface area (Å²) in [5, 5.41) is 0. The van der Waals surface area contributed by atoms with E-state index in [1.54, 1.807) is 13.8 Å². The fourth-order valence-electron chi connectivity index (χ4n) is 3.52. The zero-order valence-corrected chi connectivity index (χ0v) is 11.2. The van der Waals surface area contributed by atoms with Crippen LogP contribution in [-0.4, -0.2) is 46.8 Å². The predicted molar refractivity (Wildman–Crippen MR) is 71.5 cm³/mol. The lowest BCUT2D eigenvalue weighted by molar-refractivity contribution is -0.162. The molecule has 19 heavy (non-hydrogen) atoms. The average Bonchev–Trinajstić information content (AvgIpc) is 2.39. The molecule has 1 aromatic carbocycles. The number of benzene rings is 1. The van der Waals surface area contributed by atoms with E-state index >= 15 is 0 Å². The van der Waals surface area contributed by atoms with Crippen LogP contribution in [0.4, 0.5) is 0 Å². The quantitative estimate of drug-likeness (QED) is 0.760. The summed E-state index contributed by atoms with van der Waals surface area (Å²) in [5.41, 5.74) is 1.28. The van der Waals surface area contributed by atoms with Crippen molar-refractivity contribution in [2.24, 2.45) is 0 Å². The number of piperazine rings is 1. The standard InChI is InChI=1S/C15H18N2O2/c1-10(18)16-8-13-15(12-6-4-3-5-7-12)14(9-16)17(13)11(2)19/h3-7,13-15H,8-9H2,1-2H3/t13-,14+,15?. The Bertz CT molecular complexity index is 500. The molecule has 2 amide bonds. The highest BCUT2D eigenvalue weighted by Gasteiger charge is 2.55. The first-order valence-electron chi connectivity index (χ1n) is 6.69. The molecule has 3 atom stereocenters. The van der Waals surface area contributed by atoms with Gasteiger partial charge >= 0.3 is 0 Å². The van der Waals surface area contributed by atoms with Gasteiger partial charge in [0.15, 0.2) is 0 Å². The zero-order chi connectivity index (χ0) is 13.6. The fraction of sp³-hybridized carbons (Fsp3) is 0.467. The molecule has 1 aromatic rings. The van der Waals surface area contributed by atoms with E-state index in [1.165, 1.54) is 5.56 Å². The molecular formula is C15H18N2O2. The van der Waals surface area contributed by atoms with Crippen molar-refractivity contribution >= 4 is 11.8 Å². The van der Waals surface area contributed by atoms with Crippen molar-refractivity contribution < 1.29 is 9.59 Å². The molecule has 1 unspecified atom stereocenters. The molecule has 3 saturated heterocycles. The van der Waals surface area contributed by atoms with E-state index in [0.29, 0.717) is 19.0 Å². The van der Waals surface area contributed by atoms with E-state index < -0.39 is 0 Å². The summed E-state index contributed by atoms with van der Waals surface area (Å²) in [6.07, 6.45) is 0. The van der Waals surface area contributed by atoms with Gasteiger partial charge in [-0.05, 0) is 5.56 Å². The number of carbonyl (C=O) groups is 2. The van der Waals surface area contributed by atoms with Crippen LogP contribution in [0.5, 0.6) is 0 Å². The SMILES string of the molecule is CC(=O)N1C[C@@H]2C(c3ccccc3)[C@H](C1)N2C(C)=O. The van der Waals surface area contributed by atoms with Crippen molar-refractivity contribution in [1.82, 2.24) is 9.80 Å². The topological polar surface area (TPSA) is 40.6 Å². The van der Waals surface area contributed by atoms with Crippen LogP contribution in [0.2, 0.25) is 0 Å². The summed E-state index contributed by atoms with van der Waals surface area (Å²) in [5.74, 6) is 0.593. The average molecular weight is 258 g/mol. The van der Waals surface area contributed by atoms with Gasteiger partial charge in [0.1, 0.15) is 0 Å². The minimum atomic E-state index is 0.102. The largest absolute Gasteiger partial charge is 0.339 e. The van der Waals surface area contributed by atoms with Crippen molar-refractivity contribution in [2.45, 2.75) is 31.8 Å². The number of rotatable bonds is 1. The third-order valence-electron chi connectivity index (χ3n) is 4.35. The molecule has 0 radical (unpaired) electrons. The summed E-state index contributed by atoms with van der Waals surface area (Å²) >= 11 is 0. The van der Waals surface area contributed by atoms with Crippen molar-refractivity contribution in [2.75, 3.05) is 13.1 Å². The molecule has 0 spiro atoms. The summed E-state index contributed by atoms with van der Waals surface area (Å²) in [6, 6.07) is 10.6. The normalized spacial score (nSPS) is 28.8. The van der Waals surface area contributed by atoms with Crippen molar-refractivity contribution in [3.05, 3.63) is 35.9 Å². The van der Waals surface area contributed by atoms with Gasteiger partial charge in [0.25, 0.3) is 0 Å². The van der Waals surface area contributed by atoms with Gasteiger partial charge in [0, 0.05) is 32.9 Å². The smallest absolute Gasteiger partial charge is 0.220 e. The van der Waals surface area contributed by atoms with Gasteiger partial charge < -0.3 is 9.80 Å². The predicted octanol–water partition coefficient (Wildman–Crippen LogP) is 1.23. The third-order valence-corrected chi connectivity index (χ3v) is 4.35. The van der Waals surface area contributed by atoms with Gasteiger partial charge in [-0.3, -0.25) is 9.59 Å². The molecule has 3 aliphatic rings. The Morgan fingerprint density at radius 2 is 1.58 bits per heavy atom. The highest BCUT2D eigenvalue weighted by molar-refractivity contribution is 5.78. The number of hydrogen-bond donors (Lipinski definition) is 0. The van der Waals surface area contributed by atoms with E-state index in [9.17, 15) is 9.59 Å². The second-order valence-corrected chi connectivity index (χ2v) is 5.42. The molecule has 0 aromatic heterocycles. The number of fused-ring (bicyclic) bond motifs is 2. The van der Waals surface area contributed by atoms with Crippen LogP contribution in [0.25, 0.3) is 0 Å². The minimum Gasteiger partial charge on any atom is -0.339 e. The Labute approximate surface area is 113 Å². The van der Waals surface area contributed by atoms with Crippen LogP contribution < -0.4 is 0 Å². The fourth-order valence-corrected chi connectivity index (χ4v) is 3.52. The minimum absolute atomic E-state index is 0.102. The van der Waals surface area contributed by atoms with Gasteiger partial charge in [-0.25, -0.2) is 0 Å². The second kappa shape index (κ2) is 4.37. The second-order valence-electron chi connectivity index (χ2n) is 5.42. The van der Waals surface area contributed by atoms with Gasteiger partial charge in [0.05, 0.1) is 12.1 Å². The zero-order valence-electron chi connectivity index (χ0n) is 11.2. The number of hydrogen-bond acceptors (Lipinski definition) is 2. The van der Waals surface area contributed by atoms with Crippen LogP contribution >= 0.6 is 0 Å². The molecule has 100 valence electrons. The lowest BCUT2D eigenvalue weighted by Crippen LogP contribution is -2.74. The molecule has 4 heteroatoms. The lowest BCUT2D eigenvalue weighted by atomic mass is 9.71. The molecule has 0 saturated carbocycles. The summed E-state index contributed by atoms with van der Waals surface area (Å²) < 4.78 is 0. The number of piperidine rings is 1. The maximum Gasteiger partial charge on any atom is 0.220 e. The molecular weight excluding hydrogens is 240 g/mol. The molecule has 0 aliphatic carbocycles. The lowest BCUT2D eigenvalue weighted by Gasteiger charge is -2.61. The van der Waals surface area contributed by atoms with Crippen molar-refractivity contribution in [3.63, 3.8) is 0 Å². The Morgan fingerprint density at radius 3 is 2.05 bits per heavy atom. The first-order chi connectivity index (χ1) is 9.09. The van der Waals surface area contributed by atoms with Crippen LogP contribution in [0.15, 0.2) is 30.3 Å². The van der Waals surface area contributed by atoms with Crippen LogP contribution in [0.1, 0.15) is 25.3 Å². The van der Waals surface area contributed by atoms with E-state index in [-0.39, 0.29) is 23.9 Å². The number of carbonyl (C=O) groups excluding carboxylic acids is 2. The molecule has 0 N–H and O–H groups in total.